The van der Waals surface area contributed by atoms with Crippen molar-refractivity contribution in [3.05, 3.63) is 0 Å². The molecule has 1 heterocycles. The van der Waals surface area contributed by atoms with Gasteiger partial charge in [-0.1, -0.05) is 5.10 Å². The third kappa shape index (κ3) is 1.96. The Kier molecular flexibility index (Phi) is 2.11. The quantitative estimate of drug-likeness (QED) is 0.784. The molecule has 1 N–H and O–H groups in total. The highest BCUT2D eigenvalue weighted by molar-refractivity contribution is 5.21. The molecule has 1 aromatic heterocycles. The molecule has 0 unspecified atom stereocenters. The molecule has 0 radical (unpaired) electrons. The maximum atomic E-state index is 3.94. The minimum atomic E-state index is 0.793. The minimum absolute atomic E-state index is 0.793. The van der Waals surface area contributed by atoms with Gasteiger partial charge in [0, 0.05) is 13.6 Å². The van der Waals surface area contributed by atoms with Gasteiger partial charge < -0.3 is 5.32 Å². The Morgan fingerprint density at radius 3 is 2.47 bits per heavy atom. The summed E-state index contributed by atoms with van der Waals surface area (Å²) in [5, 5.41) is 14.7. The molecule has 2 saturated carbocycles. The van der Waals surface area contributed by atoms with E-state index in [0.717, 1.165) is 30.2 Å². The molecule has 5 nitrogen and oxygen atoms in total. The molecule has 0 aliphatic heterocycles. The van der Waals surface area contributed by atoms with Crippen LogP contribution < -0.4 is 5.32 Å². The topological polar surface area (TPSA) is 55.6 Å². The Balaban J connectivity index is 1.57. The fourth-order valence-electron chi connectivity index (χ4n) is 2.36. The van der Waals surface area contributed by atoms with E-state index in [1.807, 2.05) is 7.05 Å². The van der Waals surface area contributed by atoms with Crippen LogP contribution in [-0.4, -0.2) is 26.8 Å². The van der Waals surface area contributed by atoms with Crippen LogP contribution in [0.2, 0.25) is 0 Å². The number of hydrogen-bond donors (Lipinski definition) is 1. The first-order valence-electron chi connectivity index (χ1n) is 5.81. The summed E-state index contributed by atoms with van der Waals surface area (Å²) in [7, 11) is 1.87. The Hall–Kier alpha value is -1.13. The third-order valence-corrected chi connectivity index (χ3v) is 3.57. The molecule has 0 amide bonds. The van der Waals surface area contributed by atoms with E-state index in [1.165, 1.54) is 25.7 Å². The van der Waals surface area contributed by atoms with Gasteiger partial charge in [0.05, 0.1) is 0 Å². The maximum Gasteiger partial charge on any atom is 0.242 e. The van der Waals surface area contributed by atoms with Crippen LogP contribution in [0.15, 0.2) is 0 Å². The van der Waals surface area contributed by atoms with Crippen LogP contribution in [0.3, 0.4) is 0 Å². The van der Waals surface area contributed by atoms with Crippen molar-refractivity contribution in [3.8, 4) is 0 Å². The largest absolute Gasteiger partial charge is 0.353 e. The Morgan fingerprint density at radius 1 is 1.33 bits per heavy atom. The average molecular weight is 207 g/mol. The zero-order chi connectivity index (χ0) is 10.3. The molecule has 0 aromatic carbocycles. The molecule has 0 spiro atoms. The number of nitrogens with zero attached hydrogens (tertiary/aromatic N) is 4. The second-order valence-corrected chi connectivity index (χ2v) is 4.85. The lowest BCUT2D eigenvalue weighted by Gasteiger charge is -2.15. The predicted molar refractivity (Wildman–Crippen MR) is 56.2 cm³/mol. The molecule has 2 aliphatic rings. The lowest BCUT2D eigenvalue weighted by molar-refractivity contribution is 0.426. The van der Waals surface area contributed by atoms with E-state index >= 15 is 0 Å². The second kappa shape index (κ2) is 3.47. The first-order chi connectivity index (χ1) is 7.34. The van der Waals surface area contributed by atoms with Crippen molar-refractivity contribution in [1.82, 2.24) is 20.2 Å². The van der Waals surface area contributed by atoms with Gasteiger partial charge in [-0.2, -0.15) is 0 Å². The summed E-state index contributed by atoms with van der Waals surface area (Å²) >= 11 is 0. The highest BCUT2D eigenvalue weighted by atomic mass is 15.6. The summed E-state index contributed by atoms with van der Waals surface area (Å²) in [6.07, 6.45) is 5.72. The van der Waals surface area contributed by atoms with Crippen LogP contribution in [0.4, 0.5) is 5.95 Å². The van der Waals surface area contributed by atoms with Crippen LogP contribution in [0.25, 0.3) is 0 Å². The van der Waals surface area contributed by atoms with E-state index < -0.39 is 0 Å². The van der Waals surface area contributed by atoms with Crippen LogP contribution >= 0.6 is 0 Å². The van der Waals surface area contributed by atoms with Gasteiger partial charge in [-0.05, 0) is 53.9 Å². The standard InChI is InChI=1S/C10H17N5/c1-15-10(12-13-14-15)11-6-9(7-2-3-7)8-4-5-8/h7-9H,2-6H2,1H3,(H,11,12,14). The molecule has 15 heavy (non-hydrogen) atoms. The summed E-state index contributed by atoms with van der Waals surface area (Å²) in [6.45, 7) is 1.05. The van der Waals surface area contributed by atoms with Crippen molar-refractivity contribution in [3.63, 3.8) is 0 Å². The fourth-order valence-corrected chi connectivity index (χ4v) is 2.36. The summed E-state index contributed by atoms with van der Waals surface area (Å²) in [5.41, 5.74) is 0. The van der Waals surface area contributed by atoms with E-state index in [2.05, 4.69) is 20.8 Å². The van der Waals surface area contributed by atoms with Crippen molar-refractivity contribution < 1.29 is 0 Å². The fraction of sp³-hybridized carbons (Fsp3) is 0.900. The molecule has 2 aliphatic carbocycles. The molecule has 82 valence electrons. The van der Waals surface area contributed by atoms with Crippen molar-refractivity contribution in [2.45, 2.75) is 25.7 Å². The van der Waals surface area contributed by atoms with E-state index in [-0.39, 0.29) is 0 Å². The zero-order valence-electron chi connectivity index (χ0n) is 9.06. The minimum Gasteiger partial charge on any atom is -0.353 e. The third-order valence-electron chi connectivity index (χ3n) is 3.57. The zero-order valence-corrected chi connectivity index (χ0v) is 9.06. The lowest BCUT2D eigenvalue weighted by Crippen LogP contribution is -2.20. The number of anilines is 1. The molecular weight excluding hydrogens is 190 g/mol. The first-order valence-corrected chi connectivity index (χ1v) is 5.81. The second-order valence-electron chi connectivity index (χ2n) is 4.85. The Morgan fingerprint density at radius 2 is 2.00 bits per heavy atom. The molecule has 0 atom stereocenters. The van der Waals surface area contributed by atoms with Gasteiger partial charge in [0.25, 0.3) is 0 Å². The molecule has 0 saturated heterocycles. The van der Waals surface area contributed by atoms with Crippen LogP contribution in [0, 0.1) is 17.8 Å². The van der Waals surface area contributed by atoms with Gasteiger partial charge in [0.15, 0.2) is 0 Å². The monoisotopic (exact) mass is 207 g/mol. The van der Waals surface area contributed by atoms with Crippen LogP contribution in [0.5, 0.6) is 0 Å². The van der Waals surface area contributed by atoms with E-state index in [0.29, 0.717) is 0 Å². The molecule has 5 heteroatoms. The van der Waals surface area contributed by atoms with E-state index in [9.17, 15) is 0 Å². The highest BCUT2D eigenvalue weighted by Gasteiger charge is 2.41. The molecule has 3 rings (SSSR count). The molecule has 0 bridgehead atoms. The summed E-state index contributed by atoms with van der Waals surface area (Å²) < 4.78 is 1.69. The van der Waals surface area contributed by atoms with Gasteiger partial charge in [0.1, 0.15) is 0 Å². The number of aromatic nitrogens is 4. The summed E-state index contributed by atoms with van der Waals surface area (Å²) in [5.74, 6) is 3.61. The van der Waals surface area contributed by atoms with Gasteiger partial charge in [0.2, 0.25) is 5.95 Å². The van der Waals surface area contributed by atoms with Gasteiger partial charge >= 0.3 is 0 Å². The normalized spacial score (nSPS) is 20.9. The lowest BCUT2D eigenvalue weighted by atomic mass is 9.98. The summed E-state index contributed by atoms with van der Waals surface area (Å²) in [4.78, 5) is 0. The predicted octanol–water partition coefficient (Wildman–Crippen LogP) is 1.06. The van der Waals surface area contributed by atoms with Crippen molar-refractivity contribution >= 4 is 5.95 Å². The van der Waals surface area contributed by atoms with E-state index in [4.69, 9.17) is 0 Å². The highest BCUT2D eigenvalue weighted by Crippen LogP contribution is 2.49. The van der Waals surface area contributed by atoms with E-state index in [1.54, 1.807) is 4.68 Å². The van der Waals surface area contributed by atoms with Gasteiger partial charge in [-0.3, -0.25) is 0 Å². The average Bonchev–Trinajstić information content (AvgIpc) is 3.11. The first kappa shape index (κ1) is 9.12. The SMILES string of the molecule is Cn1nnnc1NCC(C1CC1)C1CC1. The number of nitrogens with one attached hydrogen (secondary N) is 1. The molecule has 2 fully saturated rings. The number of rotatable bonds is 5. The van der Waals surface area contributed by atoms with Gasteiger partial charge in [-0.15, -0.1) is 0 Å². The molecular formula is C10H17N5. The van der Waals surface area contributed by atoms with Crippen molar-refractivity contribution in [1.29, 1.82) is 0 Å². The van der Waals surface area contributed by atoms with Crippen molar-refractivity contribution in [2.75, 3.05) is 11.9 Å². The van der Waals surface area contributed by atoms with Crippen LogP contribution in [0.1, 0.15) is 25.7 Å². The van der Waals surface area contributed by atoms with Crippen molar-refractivity contribution in [2.24, 2.45) is 24.8 Å². The van der Waals surface area contributed by atoms with Crippen LogP contribution in [-0.2, 0) is 7.05 Å². The smallest absolute Gasteiger partial charge is 0.242 e. The van der Waals surface area contributed by atoms with Gasteiger partial charge in [-0.25, -0.2) is 4.68 Å². The Bertz CT molecular complexity index is 327. The summed E-state index contributed by atoms with van der Waals surface area (Å²) in [6, 6.07) is 0. The molecule has 1 aromatic rings. The number of hydrogen-bond acceptors (Lipinski definition) is 4. The number of tetrazole rings is 1. The Labute approximate surface area is 89.2 Å². The number of aryl methyl sites for hydroxylation is 1. The maximum absolute atomic E-state index is 3.94.